The van der Waals surface area contributed by atoms with Crippen LogP contribution in [0.25, 0.3) is 0 Å². The van der Waals surface area contributed by atoms with Crippen molar-refractivity contribution in [2.75, 3.05) is 13.2 Å². The highest BCUT2D eigenvalue weighted by atomic mass is 16.7. The summed E-state index contributed by atoms with van der Waals surface area (Å²) in [6, 6.07) is -1.16. The van der Waals surface area contributed by atoms with E-state index in [1.807, 2.05) is 0 Å². The second-order valence-corrected chi connectivity index (χ2v) is 20.7. The molecular weight excluding hydrogens is 859 g/mol. The summed E-state index contributed by atoms with van der Waals surface area (Å²) in [5.41, 5.74) is 0. The summed E-state index contributed by atoms with van der Waals surface area (Å²) >= 11 is 0. The van der Waals surface area contributed by atoms with Crippen molar-refractivity contribution < 1.29 is 50.0 Å². The van der Waals surface area contributed by atoms with Crippen molar-refractivity contribution in [1.82, 2.24) is 5.32 Å². The van der Waals surface area contributed by atoms with Gasteiger partial charge < -0.3 is 50.5 Å². The molecule has 8 N–H and O–H groups in total. The lowest BCUT2D eigenvalue weighted by molar-refractivity contribution is -0.303. The Morgan fingerprint density at radius 1 is 0.500 bits per heavy atom. The predicted octanol–water partition coefficient (Wildman–Crippen LogP) is 12.0. The van der Waals surface area contributed by atoms with Gasteiger partial charge in [-0.25, -0.2) is 0 Å². The maximum absolute atomic E-state index is 13.1. The molecule has 0 bridgehead atoms. The number of hydrogen-bond donors (Lipinski definition) is 8. The van der Waals surface area contributed by atoms with Crippen LogP contribution in [-0.4, -0.2) is 110 Å². The summed E-state index contributed by atoms with van der Waals surface area (Å²) in [6.07, 6.45) is 43.1. The zero-order valence-electron chi connectivity index (χ0n) is 44.1. The first-order valence-corrected chi connectivity index (χ1v) is 29.1. The second kappa shape index (κ2) is 46.9. The quantitative estimate of drug-likeness (QED) is 0.0215. The van der Waals surface area contributed by atoms with Gasteiger partial charge in [0.1, 0.15) is 36.6 Å². The monoisotopic (exact) mass is 970 g/mol. The van der Waals surface area contributed by atoms with Crippen molar-refractivity contribution in [3.63, 3.8) is 0 Å². The van der Waals surface area contributed by atoms with Gasteiger partial charge in [0.15, 0.2) is 6.29 Å². The summed E-state index contributed by atoms with van der Waals surface area (Å²) in [7, 11) is 0. The van der Waals surface area contributed by atoms with Crippen molar-refractivity contribution in [3.8, 4) is 0 Å². The van der Waals surface area contributed by atoms with Crippen LogP contribution in [0.3, 0.4) is 0 Å². The van der Waals surface area contributed by atoms with Crippen LogP contribution < -0.4 is 5.32 Å². The first kappa shape index (κ1) is 64.9. The summed E-state index contributed by atoms with van der Waals surface area (Å²) in [4.78, 5) is 13.1. The van der Waals surface area contributed by atoms with Gasteiger partial charge in [0.05, 0.1) is 25.4 Å². The second-order valence-electron chi connectivity index (χ2n) is 20.7. The molecule has 68 heavy (non-hydrogen) atoms. The molecule has 0 aromatic rings. The van der Waals surface area contributed by atoms with E-state index in [2.05, 4.69) is 31.3 Å². The van der Waals surface area contributed by atoms with Crippen LogP contribution in [0.15, 0.2) is 12.2 Å². The Balaban J connectivity index is 2.14. The maximum atomic E-state index is 13.1. The lowest BCUT2D eigenvalue weighted by Gasteiger charge is -2.40. The Morgan fingerprint density at radius 2 is 0.853 bits per heavy atom. The van der Waals surface area contributed by atoms with E-state index in [-0.39, 0.29) is 6.42 Å². The van der Waals surface area contributed by atoms with E-state index in [0.29, 0.717) is 19.3 Å². The van der Waals surface area contributed by atoms with E-state index < -0.39 is 74.2 Å². The molecule has 1 saturated heterocycles. The van der Waals surface area contributed by atoms with Crippen molar-refractivity contribution in [3.05, 3.63) is 12.2 Å². The molecule has 9 unspecified atom stereocenters. The van der Waals surface area contributed by atoms with Gasteiger partial charge >= 0.3 is 0 Å². The Labute approximate surface area is 417 Å². The molecule has 1 rings (SSSR count). The standard InChI is InChI=1S/C57H111NO10/c1-3-5-7-9-11-13-14-15-16-17-18-19-20-21-22-23-24-25-26-27-28-29-30-31-32-33-34-35-37-39-41-43-45-50(61)56(66)58-48(47-67-57-55(65)54(64)53(63)51(46-59)68-57)52(62)49(60)44-42-40-38-36-12-10-8-6-4-2/h21-22,48-55,57,59-65H,3-20,23-47H2,1-2H3,(H,58,66)/b22-21-. The van der Waals surface area contributed by atoms with Crippen molar-refractivity contribution in [1.29, 1.82) is 0 Å². The molecule has 0 saturated carbocycles. The van der Waals surface area contributed by atoms with Crippen LogP contribution in [0.4, 0.5) is 0 Å². The molecule has 1 aliphatic rings. The molecule has 0 radical (unpaired) electrons. The molecule has 1 fully saturated rings. The van der Waals surface area contributed by atoms with E-state index in [1.165, 1.54) is 199 Å². The van der Waals surface area contributed by atoms with Gasteiger partial charge in [0, 0.05) is 0 Å². The number of allylic oxidation sites excluding steroid dienone is 2. The predicted molar refractivity (Wildman–Crippen MR) is 279 cm³/mol. The van der Waals surface area contributed by atoms with Crippen LogP contribution in [0.5, 0.6) is 0 Å². The fourth-order valence-electron chi connectivity index (χ4n) is 9.56. The first-order valence-electron chi connectivity index (χ1n) is 29.1. The number of amides is 1. The van der Waals surface area contributed by atoms with Gasteiger partial charge in [-0.05, 0) is 38.5 Å². The number of ether oxygens (including phenoxy) is 2. The molecule has 9 atom stereocenters. The minimum Gasteiger partial charge on any atom is -0.394 e. The third kappa shape index (κ3) is 35.1. The summed E-state index contributed by atoms with van der Waals surface area (Å²) < 4.78 is 11.1. The number of unbranched alkanes of at least 4 members (excludes halogenated alkanes) is 36. The third-order valence-corrected chi connectivity index (χ3v) is 14.3. The molecule has 404 valence electrons. The Kier molecular flexibility index (Phi) is 44.7. The van der Waals surface area contributed by atoms with Crippen molar-refractivity contribution in [2.45, 2.75) is 332 Å². The molecule has 1 heterocycles. The van der Waals surface area contributed by atoms with Crippen LogP contribution in [0, 0.1) is 0 Å². The SMILES string of the molecule is CCCCCCCCCCCCCC/C=C\CCCCCCCCCCCCCCCCCCC(O)C(=O)NC(COC1OC(CO)C(O)C(O)C1O)C(O)C(O)CCCCCCCCCCC. The van der Waals surface area contributed by atoms with Crippen molar-refractivity contribution >= 4 is 5.91 Å². The molecule has 11 nitrogen and oxygen atoms in total. The largest absolute Gasteiger partial charge is 0.394 e. The highest BCUT2D eigenvalue weighted by Crippen LogP contribution is 2.23. The maximum Gasteiger partial charge on any atom is 0.249 e. The minimum absolute atomic E-state index is 0.264. The van der Waals surface area contributed by atoms with Crippen LogP contribution in [-0.2, 0) is 14.3 Å². The number of carbonyl (C=O) groups is 1. The molecule has 1 aliphatic heterocycles. The highest BCUT2D eigenvalue weighted by molar-refractivity contribution is 5.80. The molecule has 0 aliphatic carbocycles. The lowest BCUT2D eigenvalue weighted by Crippen LogP contribution is -2.60. The number of aliphatic hydroxyl groups excluding tert-OH is 7. The van der Waals surface area contributed by atoms with E-state index in [4.69, 9.17) is 9.47 Å². The topological polar surface area (TPSA) is 189 Å². The molecule has 0 aromatic carbocycles. The summed E-state index contributed by atoms with van der Waals surface area (Å²) in [6.45, 7) is 3.44. The van der Waals surface area contributed by atoms with Gasteiger partial charge in [-0.3, -0.25) is 4.79 Å². The van der Waals surface area contributed by atoms with Crippen molar-refractivity contribution in [2.24, 2.45) is 0 Å². The lowest BCUT2D eigenvalue weighted by atomic mass is 9.98. The van der Waals surface area contributed by atoms with Gasteiger partial charge in [-0.15, -0.1) is 0 Å². The molecular formula is C57H111NO10. The molecule has 1 amide bonds. The number of nitrogens with one attached hydrogen (secondary N) is 1. The van der Waals surface area contributed by atoms with Gasteiger partial charge in [-0.2, -0.15) is 0 Å². The van der Waals surface area contributed by atoms with E-state index in [0.717, 1.165) is 38.5 Å². The number of carbonyl (C=O) groups excluding carboxylic acids is 1. The van der Waals surface area contributed by atoms with Gasteiger partial charge in [0.25, 0.3) is 0 Å². The number of rotatable bonds is 50. The number of aliphatic hydroxyl groups is 7. The van der Waals surface area contributed by atoms with E-state index in [9.17, 15) is 40.5 Å². The summed E-state index contributed by atoms with van der Waals surface area (Å²) in [5.74, 6) is -0.694. The van der Waals surface area contributed by atoms with Gasteiger partial charge in [0.2, 0.25) is 5.91 Å². The Morgan fingerprint density at radius 3 is 1.24 bits per heavy atom. The molecule has 0 spiro atoms. The fraction of sp³-hybridized carbons (Fsp3) is 0.947. The molecule has 0 aromatic heterocycles. The van der Waals surface area contributed by atoms with Crippen LogP contribution >= 0.6 is 0 Å². The van der Waals surface area contributed by atoms with E-state index >= 15 is 0 Å². The summed E-state index contributed by atoms with van der Waals surface area (Å²) in [5, 5.41) is 75.8. The zero-order valence-corrected chi connectivity index (χ0v) is 44.1. The number of hydrogen-bond acceptors (Lipinski definition) is 10. The molecule has 11 heteroatoms. The van der Waals surface area contributed by atoms with E-state index in [1.54, 1.807) is 0 Å². The van der Waals surface area contributed by atoms with Gasteiger partial charge in [-0.1, -0.05) is 251 Å². The van der Waals surface area contributed by atoms with Crippen LogP contribution in [0.2, 0.25) is 0 Å². The average Bonchev–Trinajstić information content (AvgIpc) is 3.34. The minimum atomic E-state index is -1.66. The highest BCUT2D eigenvalue weighted by Gasteiger charge is 2.44. The Hall–Kier alpha value is -1.15. The first-order chi connectivity index (χ1) is 33.2. The Bertz CT molecular complexity index is 1110. The fourth-order valence-corrected chi connectivity index (χ4v) is 9.56. The zero-order chi connectivity index (χ0) is 49.7. The normalized spacial score (nSPS) is 20.5. The van der Waals surface area contributed by atoms with Crippen LogP contribution in [0.1, 0.15) is 277 Å². The smallest absolute Gasteiger partial charge is 0.249 e. The third-order valence-electron chi connectivity index (χ3n) is 14.3. The average molecular weight is 971 g/mol.